The van der Waals surface area contributed by atoms with E-state index in [1.807, 2.05) is 12.1 Å². The molecule has 4 heteroatoms. The van der Waals surface area contributed by atoms with Gasteiger partial charge in [-0.3, -0.25) is 4.79 Å². The van der Waals surface area contributed by atoms with Crippen molar-refractivity contribution in [3.05, 3.63) is 41.9 Å². The van der Waals surface area contributed by atoms with Crippen molar-refractivity contribution in [2.75, 3.05) is 0 Å². The van der Waals surface area contributed by atoms with Crippen LogP contribution >= 0.6 is 0 Å². The van der Waals surface area contributed by atoms with E-state index in [9.17, 15) is 4.79 Å². The molecule has 4 nitrogen and oxygen atoms in total. The summed E-state index contributed by atoms with van der Waals surface area (Å²) >= 11 is 0. The molecule has 0 atom stereocenters. The van der Waals surface area contributed by atoms with Crippen LogP contribution < -0.4 is 5.73 Å². The van der Waals surface area contributed by atoms with E-state index in [1.54, 1.807) is 12.4 Å². The van der Waals surface area contributed by atoms with Gasteiger partial charge in [-0.05, 0) is 30.9 Å². The first-order chi connectivity index (χ1) is 9.81. The van der Waals surface area contributed by atoms with Crippen LogP contribution in [0.3, 0.4) is 0 Å². The minimum Gasteiger partial charge on any atom is -0.404 e. The van der Waals surface area contributed by atoms with Gasteiger partial charge >= 0.3 is 0 Å². The van der Waals surface area contributed by atoms with Gasteiger partial charge in [0.05, 0.1) is 0 Å². The Morgan fingerprint density at radius 1 is 1.35 bits per heavy atom. The van der Waals surface area contributed by atoms with E-state index in [-0.39, 0.29) is 5.78 Å². The number of H-pyrrole nitrogens is 1. The normalized spacial score (nSPS) is 17.5. The zero-order valence-electron chi connectivity index (χ0n) is 11.4. The lowest BCUT2D eigenvalue weighted by Gasteiger charge is -2.23. The molecule has 0 unspecified atom stereocenters. The Labute approximate surface area is 118 Å². The first-order valence-corrected chi connectivity index (χ1v) is 7.20. The zero-order chi connectivity index (χ0) is 13.9. The predicted octanol–water partition coefficient (Wildman–Crippen LogP) is 3.17. The summed E-state index contributed by atoms with van der Waals surface area (Å²) in [6.45, 7) is 0. The van der Waals surface area contributed by atoms with Crippen molar-refractivity contribution in [1.29, 1.82) is 0 Å². The Bertz CT molecular complexity index is 651. The number of aromatic nitrogens is 2. The molecule has 20 heavy (non-hydrogen) atoms. The number of rotatable bonds is 3. The van der Waals surface area contributed by atoms with Crippen LogP contribution in [-0.4, -0.2) is 15.8 Å². The predicted molar refractivity (Wildman–Crippen MR) is 79.3 cm³/mol. The quantitative estimate of drug-likeness (QED) is 0.664. The Kier molecular flexibility index (Phi) is 3.54. The van der Waals surface area contributed by atoms with Gasteiger partial charge in [-0.2, -0.15) is 0 Å². The third-order valence-electron chi connectivity index (χ3n) is 4.18. The van der Waals surface area contributed by atoms with Gasteiger partial charge in [-0.1, -0.05) is 19.3 Å². The SMILES string of the molecule is NC=C(C(=O)c1c[nH]c2ncccc12)C1CCCCC1. The maximum Gasteiger partial charge on any atom is 0.192 e. The van der Waals surface area contributed by atoms with Crippen molar-refractivity contribution in [2.45, 2.75) is 32.1 Å². The standard InChI is InChI=1S/C16H19N3O/c17-9-13(11-5-2-1-3-6-11)15(20)14-10-19-16-12(14)7-4-8-18-16/h4,7-11H,1-3,5-6,17H2,(H,18,19). The molecule has 0 radical (unpaired) electrons. The minimum atomic E-state index is 0.0404. The van der Waals surface area contributed by atoms with Crippen LogP contribution in [-0.2, 0) is 0 Å². The first kappa shape index (κ1) is 12.9. The second-order valence-corrected chi connectivity index (χ2v) is 5.39. The molecule has 2 heterocycles. The summed E-state index contributed by atoms with van der Waals surface area (Å²) in [5.74, 6) is 0.349. The Hall–Kier alpha value is -2.10. The molecule has 2 aromatic rings. The molecule has 1 aliphatic carbocycles. The van der Waals surface area contributed by atoms with Gasteiger partial charge < -0.3 is 10.7 Å². The van der Waals surface area contributed by atoms with Crippen LogP contribution in [0.15, 0.2) is 36.3 Å². The highest BCUT2D eigenvalue weighted by molar-refractivity contribution is 6.15. The summed E-state index contributed by atoms with van der Waals surface area (Å²) in [5, 5.41) is 0.868. The number of ketones is 1. The molecule has 0 spiro atoms. The number of carbonyl (C=O) groups excluding carboxylic acids is 1. The zero-order valence-corrected chi connectivity index (χ0v) is 11.4. The molecule has 1 saturated carbocycles. The molecule has 0 amide bonds. The Balaban J connectivity index is 1.94. The lowest BCUT2D eigenvalue weighted by Crippen LogP contribution is -2.17. The van der Waals surface area contributed by atoms with Crippen molar-refractivity contribution in [3.63, 3.8) is 0 Å². The second kappa shape index (κ2) is 5.49. The van der Waals surface area contributed by atoms with E-state index in [2.05, 4.69) is 9.97 Å². The molecule has 1 fully saturated rings. The highest BCUT2D eigenvalue weighted by Crippen LogP contribution is 2.32. The van der Waals surface area contributed by atoms with Gasteiger partial charge in [0.2, 0.25) is 0 Å². The molecule has 0 aliphatic heterocycles. The van der Waals surface area contributed by atoms with Gasteiger partial charge in [0, 0.05) is 35.1 Å². The van der Waals surface area contributed by atoms with Crippen LogP contribution in [0.2, 0.25) is 0 Å². The van der Waals surface area contributed by atoms with Gasteiger partial charge in [0.25, 0.3) is 0 Å². The maximum absolute atomic E-state index is 12.8. The number of nitrogens with one attached hydrogen (secondary N) is 1. The number of hydrogen-bond acceptors (Lipinski definition) is 3. The molecule has 3 rings (SSSR count). The van der Waals surface area contributed by atoms with E-state index in [0.717, 1.165) is 29.4 Å². The number of carbonyl (C=O) groups is 1. The number of pyridine rings is 1. The maximum atomic E-state index is 12.8. The van der Waals surface area contributed by atoms with Gasteiger partial charge in [0.15, 0.2) is 5.78 Å². The Morgan fingerprint density at radius 3 is 2.90 bits per heavy atom. The van der Waals surface area contributed by atoms with Gasteiger partial charge in [-0.15, -0.1) is 0 Å². The van der Waals surface area contributed by atoms with E-state index < -0.39 is 0 Å². The fourth-order valence-corrected chi connectivity index (χ4v) is 3.11. The van der Waals surface area contributed by atoms with Crippen LogP contribution in [0.25, 0.3) is 11.0 Å². The third kappa shape index (κ3) is 2.22. The van der Waals surface area contributed by atoms with Crippen LogP contribution in [0.4, 0.5) is 0 Å². The van der Waals surface area contributed by atoms with Crippen molar-refractivity contribution in [1.82, 2.24) is 9.97 Å². The molecule has 3 N–H and O–H groups in total. The summed E-state index contributed by atoms with van der Waals surface area (Å²) in [4.78, 5) is 20.0. The topological polar surface area (TPSA) is 71.8 Å². The number of nitrogens with two attached hydrogens (primary N) is 1. The summed E-state index contributed by atoms with van der Waals surface area (Å²) in [6, 6.07) is 3.76. The lowest BCUT2D eigenvalue weighted by molar-refractivity contribution is 0.101. The van der Waals surface area contributed by atoms with Crippen molar-refractivity contribution < 1.29 is 4.79 Å². The highest BCUT2D eigenvalue weighted by atomic mass is 16.1. The van der Waals surface area contributed by atoms with E-state index in [4.69, 9.17) is 5.73 Å². The largest absolute Gasteiger partial charge is 0.404 e. The fraction of sp³-hybridized carbons (Fsp3) is 0.375. The van der Waals surface area contributed by atoms with Crippen LogP contribution in [0.5, 0.6) is 0 Å². The van der Waals surface area contributed by atoms with Crippen molar-refractivity contribution in [2.24, 2.45) is 11.7 Å². The van der Waals surface area contributed by atoms with Crippen molar-refractivity contribution >= 4 is 16.8 Å². The third-order valence-corrected chi connectivity index (χ3v) is 4.18. The lowest BCUT2D eigenvalue weighted by atomic mass is 9.81. The van der Waals surface area contributed by atoms with Crippen molar-refractivity contribution in [3.8, 4) is 0 Å². The highest BCUT2D eigenvalue weighted by Gasteiger charge is 2.25. The molecule has 0 saturated heterocycles. The van der Waals surface area contributed by atoms with E-state index in [0.29, 0.717) is 11.5 Å². The van der Waals surface area contributed by atoms with Gasteiger partial charge in [0.1, 0.15) is 5.65 Å². The average molecular weight is 269 g/mol. The summed E-state index contributed by atoms with van der Waals surface area (Å²) in [7, 11) is 0. The average Bonchev–Trinajstić information content (AvgIpc) is 2.93. The first-order valence-electron chi connectivity index (χ1n) is 7.20. The molecule has 0 aromatic carbocycles. The fourth-order valence-electron chi connectivity index (χ4n) is 3.11. The molecule has 104 valence electrons. The Morgan fingerprint density at radius 2 is 2.15 bits per heavy atom. The van der Waals surface area contributed by atoms with Crippen LogP contribution in [0, 0.1) is 5.92 Å². The summed E-state index contributed by atoms with van der Waals surface area (Å²) in [5.41, 5.74) is 7.93. The minimum absolute atomic E-state index is 0.0404. The monoisotopic (exact) mass is 269 g/mol. The second-order valence-electron chi connectivity index (χ2n) is 5.39. The van der Waals surface area contributed by atoms with E-state index in [1.165, 1.54) is 25.5 Å². The molecular weight excluding hydrogens is 250 g/mol. The molecule has 2 aromatic heterocycles. The van der Waals surface area contributed by atoms with E-state index >= 15 is 0 Å². The molecule has 1 aliphatic rings. The van der Waals surface area contributed by atoms with Crippen LogP contribution in [0.1, 0.15) is 42.5 Å². The summed E-state index contributed by atoms with van der Waals surface area (Å²) < 4.78 is 0. The number of nitrogens with zero attached hydrogens (tertiary/aromatic N) is 1. The number of hydrogen-bond donors (Lipinski definition) is 2. The number of Topliss-reactive ketones (excluding diaryl/α,β-unsaturated/α-hetero) is 1. The number of aromatic amines is 1. The smallest absolute Gasteiger partial charge is 0.192 e. The number of fused-ring (bicyclic) bond motifs is 1. The molecular formula is C16H19N3O. The molecule has 0 bridgehead atoms. The number of allylic oxidation sites excluding steroid dienone is 1. The van der Waals surface area contributed by atoms with Gasteiger partial charge in [-0.25, -0.2) is 4.98 Å². The summed E-state index contributed by atoms with van der Waals surface area (Å²) in [6.07, 6.45) is 10.7.